The highest BCUT2D eigenvalue weighted by Crippen LogP contribution is 2.20. The number of nitrogens with zero attached hydrogens (tertiary/aromatic N) is 2. The number of amides is 2. The molecule has 1 aliphatic rings. The zero-order valence-corrected chi connectivity index (χ0v) is 12.7. The molecular weight excluding hydrogens is 244 g/mol. The summed E-state index contributed by atoms with van der Waals surface area (Å²) in [6.45, 7) is 9.34. The zero-order chi connectivity index (χ0) is 14.6. The van der Waals surface area contributed by atoms with Crippen LogP contribution in [0.1, 0.15) is 40.5 Å². The van der Waals surface area contributed by atoms with Crippen LogP contribution in [-0.4, -0.2) is 54.1 Å². The van der Waals surface area contributed by atoms with Crippen molar-refractivity contribution in [2.75, 3.05) is 26.7 Å². The highest BCUT2D eigenvalue weighted by atomic mass is 16.6. The van der Waals surface area contributed by atoms with E-state index in [-0.39, 0.29) is 17.9 Å². The van der Waals surface area contributed by atoms with Gasteiger partial charge in [0.15, 0.2) is 0 Å². The van der Waals surface area contributed by atoms with E-state index in [2.05, 4.69) is 0 Å². The van der Waals surface area contributed by atoms with Gasteiger partial charge in [-0.15, -0.1) is 0 Å². The molecule has 0 bridgehead atoms. The van der Waals surface area contributed by atoms with Crippen LogP contribution in [0.15, 0.2) is 0 Å². The molecule has 0 aromatic carbocycles. The Hall–Kier alpha value is -1.26. The molecule has 2 amide bonds. The van der Waals surface area contributed by atoms with Gasteiger partial charge in [0.25, 0.3) is 0 Å². The maximum absolute atomic E-state index is 12.1. The number of hydrogen-bond donors (Lipinski definition) is 0. The van der Waals surface area contributed by atoms with Crippen molar-refractivity contribution in [3.63, 3.8) is 0 Å². The van der Waals surface area contributed by atoms with Crippen LogP contribution in [0.5, 0.6) is 0 Å². The Morgan fingerprint density at radius 2 is 2.00 bits per heavy atom. The van der Waals surface area contributed by atoms with Crippen molar-refractivity contribution in [3.8, 4) is 0 Å². The van der Waals surface area contributed by atoms with E-state index in [0.29, 0.717) is 19.6 Å². The summed E-state index contributed by atoms with van der Waals surface area (Å²) in [7, 11) is 1.80. The number of rotatable bonds is 2. The van der Waals surface area contributed by atoms with Gasteiger partial charge in [-0.05, 0) is 40.5 Å². The number of carbonyl (C=O) groups excluding carboxylic acids is 2. The molecule has 5 heteroatoms. The molecule has 1 saturated heterocycles. The molecule has 110 valence electrons. The van der Waals surface area contributed by atoms with Crippen molar-refractivity contribution in [2.24, 2.45) is 5.92 Å². The lowest BCUT2D eigenvalue weighted by Gasteiger charge is -2.34. The molecule has 0 aromatic rings. The van der Waals surface area contributed by atoms with Gasteiger partial charge in [-0.2, -0.15) is 0 Å². The summed E-state index contributed by atoms with van der Waals surface area (Å²) in [6.07, 6.45) is 1.39. The fraction of sp³-hybridized carbons (Fsp3) is 0.857. The van der Waals surface area contributed by atoms with Crippen molar-refractivity contribution in [3.05, 3.63) is 0 Å². The van der Waals surface area contributed by atoms with Crippen molar-refractivity contribution in [1.82, 2.24) is 9.80 Å². The van der Waals surface area contributed by atoms with Gasteiger partial charge in [0, 0.05) is 26.7 Å². The van der Waals surface area contributed by atoms with Crippen LogP contribution in [0.4, 0.5) is 4.79 Å². The average Bonchev–Trinajstić information content (AvgIpc) is 2.35. The second kappa shape index (κ2) is 6.26. The standard InChI is InChI=1S/C14H26N2O3/c1-6-15(5)12(17)11-8-7-9-16(10-11)13(18)19-14(2,3)4/h11H,6-10H2,1-5H3. The number of carbonyl (C=O) groups is 2. The maximum Gasteiger partial charge on any atom is 0.410 e. The third-order valence-electron chi connectivity index (χ3n) is 3.27. The molecule has 1 atom stereocenters. The lowest BCUT2D eigenvalue weighted by molar-refractivity contribution is -0.135. The third kappa shape index (κ3) is 4.73. The Bertz CT molecular complexity index is 336. The van der Waals surface area contributed by atoms with Gasteiger partial charge in [-0.1, -0.05) is 0 Å². The van der Waals surface area contributed by atoms with Gasteiger partial charge in [0.2, 0.25) is 5.91 Å². The van der Waals surface area contributed by atoms with Gasteiger partial charge in [0.05, 0.1) is 5.92 Å². The number of ether oxygens (including phenoxy) is 1. The van der Waals surface area contributed by atoms with Crippen molar-refractivity contribution >= 4 is 12.0 Å². The van der Waals surface area contributed by atoms with Crippen molar-refractivity contribution in [2.45, 2.75) is 46.1 Å². The van der Waals surface area contributed by atoms with E-state index >= 15 is 0 Å². The predicted octanol–water partition coefficient (Wildman–Crippen LogP) is 2.11. The van der Waals surface area contributed by atoms with E-state index in [1.165, 1.54) is 0 Å². The first-order valence-corrected chi connectivity index (χ1v) is 6.97. The van der Waals surface area contributed by atoms with Crippen LogP contribution in [0, 0.1) is 5.92 Å². The van der Waals surface area contributed by atoms with Gasteiger partial charge >= 0.3 is 6.09 Å². The van der Waals surface area contributed by atoms with Crippen LogP contribution < -0.4 is 0 Å². The highest BCUT2D eigenvalue weighted by Gasteiger charge is 2.31. The summed E-state index contributed by atoms with van der Waals surface area (Å²) in [4.78, 5) is 27.5. The Balaban J connectivity index is 2.59. The minimum Gasteiger partial charge on any atom is -0.444 e. The molecule has 1 heterocycles. The summed E-state index contributed by atoms with van der Waals surface area (Å²) in [6, 6.07) is 0. The van der Waals surface area contributed by atoms with Crippen LogP contribution >= 0.6 is 0 Å². The van der Waals surface area contributed by atoms with Gasteiger partial charge < -0.3 is 14.5 Å². The van der Waals surface area contributed by atoms with Crippen molar-refractivity contribution < 1.29 is 14.3 Å². The first-order chi connectivity index (χ1) is 8.74. The van der Waals surface area contributed by atoms with E-state index in [9.17, 15) is 9.59 Å². The molecule has 1 aliphatic heterocycles. The Labute approximate surface area is 115 Å². The second-order valence-electron chi connectivity index (χ2n) is 6.12. The van der Waals surface area contributed by atoms with E-state index in [1.807, 2.05) is 27.7 Å². The molecular formula is C14H26N2O3. The fourth-order valence-electron chi connectivity index (χ4n) is 2.14. The first kappa shape index (κ1) is 15.8. The summed E-state index contributed by atoms with van der Waals surface area (Å²) in [5.74, 6) is 0.0296. The quantitative estimate of drug-likeness (QED) is 0.772. The van der Waals surface area contributed by atoms with Crippen LogP contribution in [0.25, 0.3) is 0 Å². The van der Waals surface area contributed by atoms with E-state index in [4.69, 9.17) is 4.74 Å². The van der Waals surface area contributed by atoms with Crippen LogP contribution in [-0.2, 0) is 9.53 Å². The lowest BCUT2D eigenvalue weighted by Crippen LogP contribution is -2.47. The average molecular weight is 270 g/mol. The smallest absolute Gasteiger partial charge is 0.410 e. The topological polar surface area (TPSA) is 49.9 Å². The molecule has 0 spiro atoms. The summed E-state index contributed by atoms with van der Waals surface area (Å²) in [5, 5.41) is 0. The van der Waals surface area contributed by atoms with Crippen molar-refractivity contribution in [1.29, 1.82) is 0 Å². The highest BCUT2D eigenvalue weighted by molar-refractivity contribution is 5.79. The minimum absolute atomic E-state index is 0.0915. The SMILES string of the molecule is CCN(C)C(=O)C1CCCN(C(=O)OC(C)(C)C)C1. The predicted molar refractivity (Wildman–Crippen MR) is 73.8 cm³/mol. The fourth-order valence-corrected chi connectivity index (χ4v) is 2.14. The molecule has 1 rings (SSSR count). The van der Waals surface area contributed by atoms with Gasteiger partial charge in [-0.25, -0.2) is 4.79 Å². The molecule has 0 aromatic heterocycles. The van der Waals surface area contributed by atoms with E-state index < -0.39 is 5.60 Å². The molecule has 19 heavy (non-hydrogen) atoms. The van der Waals surface area contributed by atoms with Gasteiger partial charge in [0.1, 0.15) is 5.60 Å². The number of hydrogen-bond acceptors (Lipinski definition) is 3. The molecule has 1 unspecified atom stereocenters. The Morgan fingerprint density at radius 3 is 2.53 bits per heavy atom. The molecule has 0 N–H and O–H groups in total. The largest absolute Gasteiger partial charge is 0.444 e. The van der Waals surface area contributed by atoms with E-state index in [1.54, 1.807) is 16.8 Å². The number of piperidine rings is 1. The Morgan fingerprint density at radius 1 is 1.37 bits per heavy atom. The van der Waals surface area contributed by atoms with Gasteiger partial charge in [-0.3, -0.25) is 4.79 Å². The zero-order valence-electron chi connectivity index (χ0n) is 12.7. The lowest BCUT2D eigenvalue weighted by atomic mass is 9.97. The third-order valence-corrected chi connectivity index (χ3v) is 3.27. The van der Waals surface area contributed by atoms with Crippen LogP contribution in [0.2, 0.25) is 0 Å². The normalized spacial score (nSPS) is 20.1. The molecule has 0 aliphatic carbocycles. The number of likely N-dealkylation sites (tertiary alicyclic amines) is 1. The molecule has 0 saturated carbocycles. The van der Waals surface area contributed by atoms with Crippen LogP contribution in [0.3, 0.4) is 0 Å². The molecule has 0 radical (unpaired) electrons. The Kier molecular flexibility index (Phi) is 5.20. The maximum atomic E-state index is 12.1. The monoisotopic (exact) mass is 270 g/mol. The summed E-state index contributed by atoms with van der Waals surface area (Å²) >= 11 is 0. The summed E-state index contributed by atoms with van der Waals surface area (Å²) < 4.78 is 5.35. The molecule has 5 nitrogen and oxygen atoms in total. The minimum atomic E-state index is -0.492. The first-order valence-electron chi connectivity index (χ1n) is 6.97. The molecule has 1 fully saturated rings. The van der Waals surface area contributed by atoms with E-state index in [0.717, 1.165) is 12.8 Å². The second-order valence-corrected chi connectivity index (χ2v) is 6.12. The summed E-state index contributed by atoms with van der Waals surface area (Å²) in [5.41, 5.74) is -0.492.